The molecule has 7 nitrogen and oxygen atoms in total. The quantitative estimate of drug-likeness (QED) is 0.878. The Balaban J connectivity index is 1.60. The summed E-state index contributed by atoms with van der Waals surface area (Å²) in [7, 11) is 1.36. The number of nitrogens with one attached hydrogen (secondary N) is 1. The first-order valence-corrected chi connectivity index (χ1v) is 9.53. The number of ether oxygens (including phenoxy) is 1. The zero-order valence-corrected chi connectivity index (χ0v) is 15.8. The van der Waals surface area contributed by atoms with Crippen LogP contribution < -0.4 is 5.32 Å². The first-order chi connectivity index (χ1) is 13.1. The average Bonchev–Trinajstić information content (AvgIpc) is 3.12. The summed E-state index contributed by atoms with van der Waals surface area (Å²) in [5, 5.41) is 4.66. The molecular formula is C19H21N3O4S. The Morgan fingerprint density at radius 3 is 2.37 bits per heavy atom. The van der Waals surface area contributed by atoms with Crippen LogP contribution in [0.4, 0.5) is 10.5 Å². The van der Waals surface area contributed by atoms with Crippen molar-refractivity contribution < 1.29 is 19.1 Å². The molecule has 1 N–H and O–H groups in total. The molecule has 0 unspecified atom stereocenters. The summed E-state index contributed by atoms with van der Waals surface area (Å²) in [6.07, 6.45) is 0.339. The van der Waals surface area contributed by atoms with Crippen LogP contribution in [0.1, 0.15) is 26.5 Å². The Kier molecular flexibility index (Phi) is 6.08. The van der Waals surface area contributed by atoms with Gasteiger partial charge in [0.05, 0.1) is 12.0 Å². The van der Waals surface area contributed by atoms with Crippen molar-refractivity contribution in [3.63, 3.8) is 0 Å². The number of anilines is 1. The number of benzene rings is 1. The Morgan fingerprint density at radius 1 is 1.00 bits per heavy atom. The molecule has 1 aliphatic rings. The Hall–Kier alpha value is -2.87. The lowest BCUT2D eigenvalue weighted by Gasteiger charge is -2.21. The van der Waals surface area contributed by atoms with Gasteiger partial charge in [-0.2, -0.15) is 0 Å². The van der Waals surface area contributed by atoms with E-state index in [0.717, 1.165) is 0 Å². The summed E-state index contributed by atoms with van der Waals surface area (Å²) in [5.41, 5.74) is 1.19. The van der Waals surface area contributed by atoms with Gasteiger partial charge in [-0.05, 0) is 42.1 Å². The van der Waals surface area contributed by atoms with Crippen LogP contribution >= 0.6 is 11.3 Å². The maximum Gasteiger partial charge on any atom is 0.409 e. The molecule has 1 saturated heterocycles. The molecule has 27 heavy (non-hydrogen) atoms. The highest BCUT2D eigenvalue weighted by atomic mass is 32.1. The Bertz CT molecular complexity index is 805. The standard InChI is InChI=1S/C19H21N3O4S/c1-26-19(25)22-10-3-9-21(11-12-22)18(24)14-5-7-15(8-6-14)20-17(23)16-4-2-13-27-16/h2,4-8,13H,3,9-12H2,1H3,(H,20,23). The van der Waals surface area contributed by atoms with E-state index in [0.29, 0.717) is 48.7 Å². The van der Waals surface area contributed by atoms with E-state index in [9.17, 15) is 14.4 Å². The van der Waals surface area contributed by atoms with Crippen LogP contribution in [-0.2, 0) is 4.74 Å². The second kappa shape index (κ2) is 8.68. The van der Waals surface area contributed by atoms with Crippen LogP contribution in [0.2, 0.25) is 0 Å². The number of carbonyl (C=O) groups excluding carboxylic acids is 3. The number of carbonyl (C=O) groups is 3. The van der Waals surface area contributed by atoms with Gasteiger partial charge in [-0.15, -0.1) is 11.3 Å². The molecule has 1 aromatic heterocycles. The smallest absolute Gasteiger partial charge is 0.409 e. The normalized spacial score (nSPS) is 14.4. The highest BCUT2D eigenvalue weighted by Crippen LogP contribution is 2.16. The molecule has 3 rings (SSSR count). The lowest BCUT2D eigenvalue weighted by molar-refractivity contribution is 0.0757. The van der Waals surface area contributed by atoms with E-state index in [-0.39, 0.29) is 17.9 Å². The van der Waals surface area contributed by atoms with E-state index in [1.54, 1.807) is 40.1 Å². The fraction of sp³-hybridized carbons (Fsp3) is 0.316. The SMILES string of the molecule is COC(=O)N1CCCN(C(=O)c2ccc(NC(=O)c3cccs3)cc2)CC1. The van der Waals surface area contributed by atoms with E-state index < -0.39 is 0 Å². The van der Waals surface area contributed by atoms with Crippen molar-refractivity contribution in [3.8, 4) is 0 Å². The summed E-state index contributed by atoms with van der Waals surface area (Å²) in [6.45, 7) is 2.07. The van der Waals surface area contributed by atoms with E-state index >= 15 is 0 Å². The van der Waals surface area contributed by atoms with Crippen molar-refractivity contribution in [2.24, 2.45) is 0 Å². The van der Waals surface area contributed by atoms with Crippen molar-refractivity contribution in [1.82, 2.24) is 9.80 Å². The molecule has 0 radical (unpaired) electrons. The van der Waals surface area contributed by atoms with Crippen LogP contribution in [0.3, 0.4) is 0 Å². The largest absolute Gasteiger partial charge is 0.453 e. The van der Waals surface area contributed by atoms with Gasteiger partial charge < -0.3 is 19.9 Å². The Labute approximate surface area is 161 Å². The van der Waals surface area contributed by atoms with Gasteiger partial charge in [0.15, 0.2) is 0 Å². The predicted molar refractivity (Wildman–Crippen MR) is 103 cm³/mol. The number of hydrogen-bond donors (Lipinski definition) is 1. The molecule has 0 saturated carbocycles. The lowest BCUT2D eigenvalue weighted by atomic mass is 10.1. The predicted octanol–water partition coefficient (Wildman–Crippen LogP) is 2.91. The molecule has 0 aliphatic carbocycles. The molecule has 2 heterocycles. The summed E-state index contributed by atoms with van der Waals surface area (Å²) < 4.78 is 4.75. The first kappa shape index (κ1) is 18.9. The minimum Gasteiger partial charge on any atom is -0.453 e. The van der Waals surface area contributed by atoms with Crippen molar-refractivity contribution >= 4 is 34.9 Å². The number of rotatable bonds is 3. The van der Waals surface area contributed by atoms with Gasteiger partial charge in [0, 0.05) is 37.4 Å². The van der Waals surface area contributed by atoms with Crippen LogP contribution in [0.25, 0.3) is 0 Å². The number of hydrogen-bond acceptors (Lipinski definition) is 5. The van der Waals surface area contributed by atoms with Crippen LogP contribution in [-0.4, -0.2) is 61.0 Å². The summed E-state index contributed by atoms with van der Waals surface area (Å²) in [6, 6.07) is 10.4. The third kappa shape index (κ3) is 4.65. The molecule has 0 bridgehead atoms. The third-order valence-corrected chi connectivity index (χ3v) is 5.22. The zero-order valence-electron chi connectivity index (χ0n) is 15.0. The highest BCUT2D eigenvalue weighted by molar-refractivity contribution is 7.12. The highest BCUT2D eigenvalue weighted by Gasteiger charge is 2.23. The molecule has 8 heteroatoms. The molecule has 0 atom stereocenters. The van der Waals surface area contributed by atoms with Gasteiger partial charge in [0.1, 0.15) is 0 Å². The monoisotopic (exact) mass is 387 g/mol. The molecular weight excluding hydrogens is 366 g/mol. The summed E-state index contributed by atoms with van der Waals surface area (Å²) in [4.78, 5) is 40.4. The van der Waals surface area contributed by atoms with Gasteiger partial charge in [-0.25, -0.2) is 4.79 Å². The van der Waals surface area contributed by atoms with Gasteiger partial charge in [0.2, 0.25) is 0 Å². The number of nitrogens with zero attached hydrogens (tertiary/aromatic N) is 2. The van der Waals surface area contributed by atoms with Crippen molar-refractivity contribution in [3.05, 3.63) is 52.2 Å². The molecule has 142 valence electrons. The van der Waals surface area contributed by atoms with Crippen LogP contribution in [0.5, 0.6) is 0 Å². The lowest BCUT2D eigenvalue weighted by Crippen LogP contribution is -2.37. The van der Waals surface area contributed by atoms with Gasteiger partial charge >= 0.3 is 6.09 Å². The summed E-state index contributed by atoms with van der Waals surface area (Å²) in [5.74, 6) is -0.252. The van der Waals surface area contributed by atoms with E-state index in [2.05, 4.69) is 5.32 Å². The van der Waals surface area contributed by atoms with Crippen LogP contribution in [0.15, 0.2) is 41.8 Å². The third-order valence-electron chi connectivity index (χ3n) is 4.35. The summed E-state index contributed by atoms with van der Waals surface area (Å²) >= 11 is 1.37. The molecule has 2 aromatic rings. The number of methoxy groups -OCH3 is 1. The first-order valence-electron chi connectivity index (χ1n) is 8.65. The second-order valence-corrected chi connectivity index (χ2v) is 7.06. The van der Waals surface area contributed by atoms with Crippen molar-refractivity contribution in [2.75, 3.05) is 38.6 Å². The molecule has 1 aliphatic heterocycles. The van der Waals surface area contributed by atoms with Gasteiger partial charge in [0.25, 0.3) is 11.8 Å². The zero-order chi connectivity index (χ0) is 19.2. The minimum atomic E-state index is -0.366. The van der Waals surface area contributed by atoms with E-state index in [4.69, 9.17) is 4.74 Å². The maximum absolute atomic E-state index is 12.7. The fourth-order valence-electron chi connectivity index (χ4n) is 2.91. The van der Waals surface area contributed by atoms with Gasteiger partial charge in [-0.3, -0.25) is 9.59 Å². The van der Waals surface area contributed by atoms with Crippen molar-refractivity contribution in [1.29, 1.82) is 0 Å². The van der Waals surface area contributed by atoms with E-state index in [1.165, 1.54) is 18.4 Å². The van der Waals surface area contributed by atoms with Crippen LogP contribution in [0, 0.1) is 0 Å². The molecule has 0 spiro atoms. The minimum absolute atomic E-state index is 0.0853. The maximum atomic E-state index is 12.7. The Morgan fingerprint density at radius 2 is 1.70 bits per heavy atom. The molecule has 1 fully saturated rings. The van der Waals surface area contributed by atoms with Crippen molar-refractivity contribution in [2.45, 2.75) is 6.42 Å². The van der Waals surface area contributed by atoms with E-state index in [1.807, 2.05) is 11.4 Å². The molecule has 3 amide bonds. The topological polar surface area (TPSA) is 79.0 Å². The number of amides is 3. The average molecular weight is 387 g/mol. The fourth-order valence-corrected chi connectivity index (χ4v) is 3.53. The molecule has 1 aromatic carbocycles. The van der Waals surface area contributed by atoms with Gasteiger partial charge in [-0.1, -0.05) is 6.07 Å². The second-order valence-electron chi connectivity index (χ2n) is 6.11. The number of thiophene rings is 1.